The zero-order chi connectivity index (χ0) is 15.1. The molecule has 3 aliphatic rings. The van der Waals surface area contributed by atoms with Gasteiger partial charge in [-0.2, -0.15) is 4.37 Å². The van der Waals surface area contributed by atoms with Crippen molar-refractivity contribution in [1.82, 2.24) is 9.27 Å². The predicted octanol–water partition coefficient (Wildman–Crippen LogP) is 3.22. The number of nitrogens with zero attached hydrogens (tertiary/aromatic N) is 2. The zero-order valence-corrected chi connectivity index (χ0v) is 13.6. The molecule has 2 bridgehead atoms. The number of Topliss-reactive ketones (excluding diaryl/α,β-unsaturated/α-hetero) is 1. The molecule has 2 aromatic rings. The third kappa shape index (κ3) is 2.42. The van der Waals surface area contributed by atoms with Crippen molar-refractivity contribution in [2.24, 2.45) is 11.8 Å². The summed E-state index contributed by atoms with van der Waals surface area (Å²) in [4.78, 5) is 15.2. The minimum atomic E-state index is 0.193. The molecular formula is C17H20N2O2S. The minimum Gasteiger partial charge on any atom is -0.497 e. The van der Waals surface area contributed by atoms with Crippen LogP contribution in [-0.2, 0) is 0 Å². The van der Waals surface area contributed by atoms with Crippen molar-refractivity contribution in [3.05, 3.63) is 23.9 Å². The first-order valence-electron chi connectivity index (χ1n) is 7.93. The molecular weight excluding hydrogens is 296 g/mol. The number of fused-ring (bicyclic) bond motifs is 4. The highest BCUT2D eigenvalue weighted by Gasteiger charge is 2.35. The molecule has 1 aromatic heterocycles. The second-order valence-electron chi connectivity index (χ2n) is 6.42. The van der Waals surface area contributed by atoms with E-state index in [1.807, 2.05) is 18.2 Å². The second-order valence-corrected chi connectivity index (χ2v) is 7.22. The number of piperidine rings is 3. The van der Waals surface area contributed by atoms with Gasteiger partial charge in [-0.15, -0.1) is 0 Å². The van der Waals surface area contributed by atoms with Gasteiger partial charge in [-0.3, -0.25) is 4.79 Å². The van der Waals surface area contributed by atoms with Crippen LogP contribution in [0.3, 0.4) is 0 Å². The third-order valence-corrected chi connectivity index (χ3v) is 6.01. The van der Waals surface area contributed by atoms with Crippen LogP contribution in [0.1, 0.15) is 29.8 Å². The number of benzene rings is 1. The number of carbonyl (C=O) groups is 1. The Morgan fingerprint density at radius 2 is 2.23 bits per heavy atom. The van der Waals surface area contributed by atoms with E-state index in [4.69, 9.17) is 4.74 Å². The normalized spacial score (nSPS) is 27.2. The molecule has 0 spiro atoms. The molecule has 5 heteroatoms. The van der Waals surface area contributed by atoms with Gasteiger partial charge in [0.25, 0.3) is 0 Å². The molecule has 0 radical (unpaired) electrons. The van der Waals surface area contributed by atoms with Gasteiger partial charge >= 0.3 is 0 Å². The van der Waals surface area contributed by atoms with Crippen molar-refractivity contribution in [3.63, 3.8) is 0 Å². The van der Waals surface area contributed by atoms with E-state index in [0.717, 1.165) is 28.3 Å². The molecule has 4 nitrogen and oxygen atoms in total. The Kier molecular flexibility index (Phi) is 3.62. The lowest BCUT2D eigenvalue weighted by molar-refractivity contribution is 0.0440. The van der Waals surface area contributed by atoms with Crippen LogP contribution in [0.25, 0.3) is 10.1 Å². The van der Waals surface area contributed by atoms with E-state index in [2.05, 4.69) is 9.27 Å². The van der Waals surface area contributed by atoms with Gasteiger partial charge in [0.2, 0.25) is 0 Å². The summed E-state index contributed by atoms with van der Waals surface area (Å²) in [6.07, 6.45) is 3.14. The van der Waals surface area contributed by atoms with E-state index in [9.17, 15) is 4.79 Å². The summed E-state index contributed by atoms with van der Waals surface area (Å²) in [5.74, 6) is 2.22. The summed E-state index contributed by atoms with van der Waals surface area (Å²) < 4.78 is 10.8. The number of carbonyl (C=O) groups excluding carboxylic acids is 1. The standard InChI is InChI=1S/C17H20N2O2S/c1-21-13-2-3-16-14(9-13)17(18-22-16)15(20)8-12-10-19-6-4-11(12)5-7-19/h2-3,9,11-12H,4-8,10H2,1H3/t12-/m0/s1. The Hall–Kier alpha value is -1.46. The molecule has 3 aliphatic heterocycles. The summed E-state index contributed by atoms with van der Waals surface area (Å²) in [6, 6.07) is 5.83. The number of aromatic nitrogens is 1. The topological polar surface area (TPSA) is 42.4 Å². The molecule has 5 rings (SSSR count). The Morgan fingerprint density at radius 1 is 1.41 bits per heavy atom. The number of methoxy groups -OCH3 is 1. The van der Waals surface area contributed by atoms with Crippen LogP contribution in [0.4, 0.5) is 0 Å². The highest BCUT2D eigenvalue weighted by atomic mass is 32.1. The SMILES string of the molecule is COc1ccc2snc(C(=O)C[C@H]3CN4CCC3CC4)c2c1. The Balaban J connectivity index is 1.57. The largest absolute Gasteiger partial charge is 0.497 e. The first kappa shape index (κ1) is 14.2. The molecule has 22 heavy (non-hydrogen) atoms. The van der Waals surface area contributed by atoms with E-state index in [0.29, 0.717) is 18.0 Å². The quantitative estimate of drug-likeness (QED) is 0.812. The molecule has 0 amide bonds. The van der Waals surface area contributed by atoms with E-state index in [1.54, 1.807) is 7.11 Å². The molecule has 0 unspecified atom stereocenters. The van der Waals surface area contributed by atoms with Gasteiger partial charge in [0.05, 0.1) is 11.8 Å². The van der Waals surface area contributed by atoms with Gasteiger partial charge in [-0.25, -0.2) is 0 Å². The first-order chi connectivity index (χ1) is 10.7. The summed E-state index contributed by atoms with van der Waals surface area (Å²) in [5, 5.41) is 0.940. The van der Waals surface area contributed by atoms with E-state index in [1.165, 1.54) is 37.5 Å². The molecule has 3 fully saturated rings. The molecule has 0 saturated carbocycles. The second kappa shape index (κ2) is 5.63. The van der Waals surface area contributed by atoms with Crippen molar-refractivity contribution < 1.29 is 9.53 Å². The molecule has 0 N–H and O–H groups in total. The van der Waals surface area contributed by atoms with Gasteiger partial charge in [-0.1, -0.05) is 0 Å². The fraction of sp³-hybridized carbons (Fsp3) is 0.529. The third-order valence-electron chi connectivity index (χ3n) is 5.18. The van der Waals surface area contributed by atoms with Crippen molar-refractivity contribution in [2.75, 3.05) is 26.7 Å². The van der Waals surface area contributed by atoms with Gasteiger partial charge in [0, 0.05) is 18.4 Å². The average molecular weight is 316 g/mol. The van der Waals surface area contributed by atoms with Crippen molar-refractivity contribution >= 4 is 27.4 Å². The molecule has 116 valence electrons. The predicted molar refractivity (Wildman–Crippen MR) is 87.8 cm³/mol. The van der Waals surface area contributed by atoms with E-state index >= 15 is 0 Å². The van der Waals surface area contributed by atoms with Gasteiger partial charge < -0.3 is 9.64 Å². The fourth-order valence-corrected chi connectivity index (χ4v) is 4.67. The molecule has 1 atom stereocenters. The number of rotatable bonds is 4. The van der Waals surface area contributed by atoms with Crippen LogP contribution in [0.5, 0.6) is 5.75 Å². The number of hydrogen-bond donors (Lipinski definition) is 0. The number of ether oxygens (including phenoxy) is 1. The van der Waals surface area contributed by atoms with Crippen LogP contribution in [0, 0.1) is 11.8 Å². The van der Waals surface area contributed by atoms with Gasteiger partial charge in [-0.05, 0) is 67.5 Å². The molecule has 4 heterocycles. The van der Waals surface area contributed by atoms with E-state index < -0.39 is 0 Å². The molecule has 1 aromatic carbocycles. The van der Waals surface area contributed by atoms with E-state index in [-0.39, 0.29) is 5.78 Å². The van der Waals surface area contributed by atoms with Crippen molar-refractivity contribution in [3.8, 4) is 5.75 Å². The number of hydrogen-bond acceptors (Lipinski definition) is 5. The van der Waals surface area contributed by atoms with Gasteiger partial charge in [0.1, 0.15) is 11.4 Å². The minimum absolute atomic E-state index is 0.193. The fourth-order valence-electron chi connectivity index (χ4n) is 3.90. The van der Waals surface area contributed by atoms with Crippen LogP contribution in [-0.4, -0.2) is 41.8 Å². The smallest absolute Gasteiger partial charge is 0.183 e. The monoisotopic (exact) mass is 316 g/mol. The maximum Gasteiger partial charge on any atom is 0.183 e. The van der Waals surface area contributed by atoms with Crippen LogP contribution in [0.2, 0.25) is 0 Å². The summed E-state index contributed by atoms with van der Waals surface area (Å²) >= 11 is 1.40. The summed E-state index contributed by atoms with van der Waals surface area (Å²) in [7, 11) is 1.65. The molecule has 0 aliphatic carbocycles. The average Bonchev–Trinajstić information content (AvgIpc) is 2.99. The maximum absolute atomic E-state index is 12.7. The zero-order valence-electron chi connectivity index (χ0n) is 12.7. The lowest BCUT2D eigenvalue weighted by Crippen LogP contribution is -2.47. The highest BCUT2D eigenvalue weighted by molar-refractivity contribution is 7.13. The lowest BCUT2D eigenvalue weighted by atomic mass is 9.76. The van der Waals surface area contributed by atoms with Crippen molar-refractivity contribution in [1.29, 1.82) is 0 Å². The summed E-state index contributed by atoms with van der Waals surface area (Å²) in [6.45, 7) is 3.51. The Labute approximate surface area is 134 Å². The van der Waals surface area contributed by atoms with Crippen LogP contribution in [0.15, 0.2) is 18.2 Å². The summed E-state index contributed by atoms with van der Waals surface area (Å²) in [5.41, 5.74) is 0.635. The highest BCUT2D eigenvalue weighted by Crippen LogP contribution is 2.36. The Morgan fingerprint density at radius 3 is 2.91 bits per heavy atom. The first-order valence-corrected chi connectivity index (χ1v) is 8.71. The molecule has 3 saturated heterocycles. The van der Waals surface area contributed by atoms with Crippen LogP contribution >= 0.6 is 11.5 Å². The van der Waals surface area contributed by atoms with Crippen molar-refractivity contribution in [2.45, 2.75) is 19.3 Å². The van der Waals surface area contributed by atoms with Crippen LogP contribution < -0.4 is 4.74 Å². The number of ketones is 1. The maximum atomic E-state index is 12.7. The Bertz CT molecular complexity index is 704. The lowest BCUT2D eigenvalue weighted by Gasteiger charge is -2.44. The van der Waals surface area contributed by atoms with Gasteiger partial charge in [0.15, 0.2) is 5.78 Å².